The molecule has 126 valence electrons. The number of alkyl halides is 3. The van der Waals surface area contributed by atoms with E-state index < -0.39 is 11.7 Å². The summed E-state index contributed by atoms with van der Waals surface area (Å²) in [7, 11) is 0. The SMILES string of the molecule is Cc1nc(SCc2ccccc2C(F)(F)F)c2c(C)c(C)sc2n1. The van der Waals surface area contributed by atoms with E-state index in [4.69, 9.17) is 0 Å². The van der Waals surface area contributed by atoms with Gasteiger partial charge in [0.15, 0.2) is 0 Å². The molecular weight excluding hydrogens is 353 g/mol. The molecule has 3 aromatic rings. The van der Waals surface area contributed by atoms with Crippen molar-refractivity contribution in [2.24, 2.45) is 0 Å². The predicted molar refractivity (Wildman–Crippen MR) is 92.6 cm³/mol. The number of benzene rings is 1. The predicted octanol–water partition coefficient (Wildman–Crippen LogP) is 5.93. The molecule has 0 radical (unpaired) electrons. The van der Waals surface area contributed by atoms with Crippen LogP contribution >= 0.6 is 23.1 Å². The van der Waals surface area contributed by atoms with Crippen molar-refractivity contribution in [3.63, 3.8) is 0 Å². The monoisotopic (exact) mass is 368 g/mol. The summed E-state index contributed by atoms with van der Waals surface area (Å²) >= 11 is 2.92. The Kier molecular flexibility index (Phi) is 4.57. The standard InChI is InChI=1S/C17H15F3N2S2/c1-9-10(2)24-16-14(9)15(21-11(3)22-16)23-8-12-6-4-5-7-13(12)17(18,19)20/h4-7H,8H2,1-3H3. The van der Waals surface area contributed by atoms with Crippen LogP contribution in [0, 0.1) is 20.8 Å². The highest BCUT2D eigenvalue weighted by Crippen LogP contribution is 2.38. The molecule has 0 bridgehead atoms. The largest absolute Gasteiger partial charge is 0.416 e. The fraction of sp³-hybridized carbons (Fsp3) is 0.294. The van der Waals surface area contributed by atoms with Crippen molar-refractivity contribution < 1.29 is 13.2 Å². The summed E-state index contributed by atoms with van der Waals surface area (Å²) in [6.45, 7) is 5.82. The van der Waals surface area contributed by atoms with E-state index in [1.807, 2.05) is 13.8 Å². The zero-order valence-electron chi connectivity index (χ0n) is 13.4. The Morgan fingerprint density at radius 3 is 2.50 bits per heavy atom. The number of nitrogens with zero attached hydrogens (tertiary/aromatic N) is 2. The quantitative estimate of drug-likeness (QED) is 0.423. The molecule has 0 saturated carbocycles. The van der Waals surface area contributed by atoms with E-state index >= 15 is 0 Å². The Morgan fingerprint density at radius 2 is 1.79 bits per heavy atom. The fourth-order valence-electron chi connectivity index (χ4n) is 2.49. The van der Waals surface area contributed by atoms with Gasteiger partial charge in [-0.2, -0.15) is 13.2 Å². The molecule has 2 aromatic heterocycles. The van der Waals surface area contributed by atoms with Crippen LogP contribution in [0.15, 0.2) is 29.3 Å². The Hall–Kier alpha value is -1.60. The minimum absolute atomic E-state index is 0.218. The van der Waals surface area contributed by atoms with Crippen LogP contribution in [0.5, 0.6) is 0 Å². The van der Waals surface area contributed by atoms with Gasteiger partial charge in [-0.15, -0.1) is 23.1 Å². The number of aromatic nitrogens is 2. The van der Waals surface area contributed by atoms with Crippen LogP contribution in [-0.2, 0) is 11.9 Å². The highest BCUT2D eigenvalue weighted by molar-refractivity contribution is 7.98. The Balaban J connectivity index is 1.98. The van der Waals surface area contributed by atoms with Crippen molar-refractivity contribution in [2.45, 2.75) is 37.7 Å². The lowest BCUT2D eigenvalue weighted by atomic mass is 10.1. The van der Waals surface area contributed by atoms with Crippen LogP contribution in [-0.4, -0.2) is 9.97 Å². The molecule has 0 aliphatic rings. The minimum atomic E-state index is -4.34. The summed E-state index contributed by atoms with van der Waals surface area (Å²) in [6, 6.07) is 5.69. The lowest BCUT2D eigenvalue weighted by Gasteiger charge is -2.12. The van der Waals surface area contributed by atoms with Crippen LogP contribution in [0.25, 0.3) is 10.2 Å². The third-order valence-electron chi connectivity index (χ3n) is 3.79. The summed E-state index contributed by atoms with van der Waals surface area (Å²) in [4.78, 5) is 11.0. The van der Waals surface area contributed by atoms with Gasteiger partial charge in [-0.1, -0.05) is 18.2 Å². The van der Waals surface area contributed by atoms with E-state index in [1.54, 1.807) is 24.3 Å². The van der Waals surface area contributed by atoms with Gasteiger partial charge in [0.25, 0.3) is 0 Å². The number of hydrogen-bond donors (Lipinski definition) is 0. The lowest BCUT2D eigenvalue weighted by molar-refractivity contribution is -0.138. The minimum Gasteiger partial charge on any atom is -0.226 e. The molecule has 1 aromatic carbocycles. The molecule has 0 aliphatic heterocycles. The Labute approximate surface area is 146 Å². The normalized spacial score (nSPS) is 12.1. The molecule has 0 fully saturated rings. The van der Waals surface area contributed by atoms with Crippen molar-refractivity contribution in [2.75, 3.05) is 0 Å². The fourth-order valence-corrected chi connectivity index (χ4v) is 4.76. The average Bonchev–Trinajstić information content (AvgIpc) is 2.79. The third kappa shape index (κ3) is 3.28. The van der Waals surface area contributed by atoms with Gasteiger partial charge in [0.05, 0.1) is 5.56 Å². The number of halogens is 3. The second kappa shape index (κ2) is 6.37. The number of thiophene rings is 1. The lowest BCUT2D eigenvalue weighted by Crippen LogP contribution is -2.08. The summed E-state index contributed by atoms with van der Waals surface area (Å²) < 4.78 is 39.4. The second-order valence-corrected chi connectivity index (χ2v) is 7.65. The van der Waals surface area contributed by atoms with E-state index in [0.29, 0.717) is 5.82 Å². The maximum atomic E-state index is 13.1. The molecule has 0 unspecified atom stereocenters. The maximum absolute atomic E-state index is 13.1. The molecule has 2 heterocycles. The van der Waals surface area contributed by atoms with E-state index in [-0.39, 0.29) is 11.3 Å². The molecule has 0 saturated heterocycles. The topological polar surface area (TPSA) is 25.8 Å². The Morgan fingerprint density at radius 1 is 1.08 bits per heavy atom. The molecule has 0 spiro atoms. The van der Waals surface area contributed by atoms with E-state index in [1.165, 1.54) is 23.9 Å². The van der Waals surface area contributed by atoms with Gasteiger partial charge < -0.3 is 0 Å². The number of rotatable bonds is 3. The molecule has 3 rings (SSSR count). The first kappa shape index (κ1) is 17.2. The van der Waals surface area contributed by atoms with Gasteiger partial charge in [-0.3, -0.25) is 0 Å². The van der Waals surface area contributed by atoms with Crippen LogP contribution in [0.4, 0.5) is 13.2 Å². The van der Waals surface area contributed by atoms with E-state index in [9.17, 15) is 13.2 Å². The number of hydrogen-bond acceptors (Lipinski definition) is 4. The van der Waals surface area contributed by atoms with Gasteiger partial charge in [0, 0.05) is 16.0 Å². The van der Waals surface area contributed by atoms with Gasteiger partial charge in [-0.05, 0) is 38.0 Å². The third-order valence-corrected chi connectivity index (χ3v) is 5.92. The molecule has 0 amide bonds. The molecule has 2 nitrogen and oxygen atoms in total. The van der Waals surface area contributed by atoms with E-state index in [0.717, 1.165) is 31.7 Å². The molecule has 24 heavy (non-hydrogen) atoms. The summed E-state index contributed by atoms with van der Waals surface area (Å²) in [5.74, 6) is 0.852. The van der Waals surface area contributed by atoms with Gasteiger partial charge in [0.1, 0.15) is 15.7 Å². The molecule has 0 aliphatic carbocycles. The molecule has 0 atom stereocenters. The van der Waals surface area contributed by atoms with Crippen LogP contribution in [0.2, 0.25) is 0 Å². The van der Waals surface area contributed by atoms with Crippen molar-refractivity contribution in [3.8, 4) is 0 Å². The highest BCUT2D eigenvalue weighted by Gasteiger charge is 2.32. The van der Waals surface area contributed by atoms with Crippen LogP contribution in [0.3, 0.4) is 0 Å². The second-order valence-electron chi connectivity index (χ2n) is 5.48. The van der Waals surface area contributed by atoms with Crippen LogP contribution in [0.1, 0.15) is 27.4 Å². The molecular formula is C17H15F3N2S2. The first-order valence-electron chi connectivity index (χ1n) is 7.29. The van der Waals surface area contributed by atoms with Gasteiger partial charge >= 0.3 is 6.18 Å². The summed E-state index contributed by atoms with van der Waals surface area (Å²) in [5.41, 5.74) is 0.781. The average molecular weight is 368 g/mol. The van der Waals surface area contributed by atoms with Crippen molar-refractivity contribution in [3.05, 3.63) is 51.7 Å². The first-order chi connectivity index (χ1) is 11.3. The van der Waals surface area contributed by atoms with Crippen molar-refractivity contribution in [1.82, 2.24) is 9.97 Å². The zero-order valence-corrected chi connectivity index (χ0v) is 15.0. The molecule has 0 N–H and O–H groups in total. The highest BCUT2D eigenvalue weighted by atomic mass is 32.2. The van der Waals surface area contributed by atoms with Crippen molar-refractivity contribution in [1.29, 1.82) is 0 Å². The Bertz CT molecular complexity index is 901. The molecule has 7 heteroatoms. The van der Waals surface area contributed by atoms with Crippen LogP contribution < -0.4 is 0 Å². The van der Waals surface area contributed by atoms with Crippen molar-refractivity contribution >= 4 is 33.3 Å². The van der Waals surface area contributed by atoms with E-state index in [2.05, 4.69) is 9.97 Å². The maximum Gasteiger partial charge on any atom is 0.416 e. The van der Waals surface area contributed by atoms with Gasteiger partial charge in [-0.25, -0.2) is 9.97 Å². The van der Waals surface area contributed by atoms with Gasteiger partial charge in [0.2, 0.25) is 0 Å². The summed E-state index contributed by atoms with van der Waals surface area (Å²) in [6.07, 6.45) is -4.34. The zero-order chi connectivity index (χ0) is 17.5. The first-order valence-corrected chi connectivity index (χ1v) is 9.10. The number of fused-ring (bicyclic) bond motifs is 1. The number of aryl methyl sites for hydroxylation is 3. The smallest absolute Gasteiger partial charge is 0.226 e. The summed E-state index contributed by atoms with van der Waals surface area (Å²) in [5, 5.41) is 1.70. The number of thioether (sulfide) groups is 1.